The summed E-state index contributed by atoms with van der Waals surface area (Å²) >= 11 is 0. The number of hydrogen-bond acceptors (Lipinski definition) is 8. The second kappa shape index (κ2) is 5.44. The van der Waals surface area contributed by atoms with E-state index < -0.39 is 11.9 Å². The highest BCUT2D eigenvalue weighted by molar-refractivity contribution is 5.72. The summed E-state index contributed by atoms with van der Waals surface area (Å²) in [5.41, 5.74) is 5.34. The molecule has 0 saturated heterocycles. The Morgan fingerprint density at radius 3 is 1.76 bits per heavy atom. The molecule has 10 nitrogen and oxygen atoms in total. The number of nitrogens with one attached hydrogen (secondary N) is 2. The van der Waals surface area contributed by atoms with Crippen LogP contribution in [0.3, 0.4) is 0 Å². The van der Waals surface area contributed by atoms with Gasteiger partial charge in [0.25, 0.3) is 0 Å². The SMILES string of the molecule is Nc1nc(NCC(=O)O)nc(NCC(=O)O)n1. The van der Waals surface area contributed by atoms with E-state index in [1.165, 1.54) is 0 Å². The lowest BCUT2D eigenvalue weighted by Crippen LogP contribution is -2.18. The van der Waals surface area contributed by atoms with Crippen molar-refractivity contribution in [3.63, 3.8) is 0 Å². The molecule has 0 aliphatic rings. The van der Waals surface area contributed by atoms with Crippen LogP contribution in [0.4, 0.5) is 17.8 Å². The molecule has 0 aliphatic heterocycles. The molecule has 1 heterocycles. The molecule has 1 rings (SSSR count). The van der Waals surface area contributed by atoms with Crippen molar-refractivity contribution in [1.82, 2.24) is 15.0 Å². The fourth-order valence-corrected chi connectivity index (χ4v) is 0.860. The molecule has 1 aromatic rings. The van der Waals surface area contributed by atoms with Crippen molar-refractivity contribution < 1.29 is 19.8 Å². The quantitative estimate of drug-likeness (QED) is 0.394. The van der Waals surface area contributed by atoms with Crippen molar-refractivity contribution >= 4 is 29.8 Å². The van der Waals surface area contributed by atoms with Gasteiger partial charge in [-0.25, -0.2) is 0 Å². The first-order valence-electron chi connectivity index (χ1n) is 4.40. The summed E-state index contributed by atoms with van der Waals surface area (Å²) in [6.07, 6.45) is 0. The van der Waals surface area contributed by atoms with Crippen LogP contribution >= 0.6 is 0 Å². The molecule has 6 N–H and O–H groups in total. The van der Waals surface area contributed by atoms with Crippen molar-refractivity contribution in [2.45, 2.75) is 0 Å². The molecule has 92 valence electrons. The van der Waals surface area contributed by atoms with Crippen LogP contribution in [0, 0.1) is 0 Å². The predicted octanol–water partition coefficient (Wildman–Crippen LogP) is -1.55. The number of nitrogens with two attached hydrogens (primary N) is 1. The zero-order valence-corrected chi connectivity index (χ0v) is 8.54. The van der Waals surface area contributed by atoms with Gasteiger partial charge in [-0.3, -0.25) is 9.59 Å². The predicted molar refractivity (Wildman–Crippen MR) is 56.5 cm³/mol. The van der Waals surface area contributed by atoms with Crippen LogP contribution in [-0.4, -0.2) is 50.2 Å². The third-order valence-electron chi connectivity index (χ3n) is 1.45. The molecule has 0 spiro atoms. The summed E-state index contributed by atoms with van der Waals surface area (Å²) < 4.78 is 0. The van der Waals surface area contributed by atoms with E-state index in [-0.39, 0.29) is 30.9 Å². The zero-order valence-electron chi connectivity index (χ0n) is 8.54. The summed E-state index contributed by atoms with van der Waals surface area (Å²) in [7, 11) is 0. The van der Waals surface area contributed by atoms with Crippen LogP contribution in [0.1, 0.15) is 0 Å². The van der Waals surface area contributed by atoms with Gasteiger partial charge < -0.3 is 26.6 Å². The highest BCUT2D eigenvalue weighted by atomic mass is 16.4. The van der Waals surface area contributed by atoms with Gasteiger partial charge in [0.05, 0.1) is 0 Å². The van der Waals surface area contributed by atoms with Crippen LogP contribution < -0.4 is 16.4 Å². The molecule has 0 unspecified atom stereocenters. The molecule has 0 aliphatic carbocycles. The minimum atomic E-state index is -1.09. The average Bonchev–Trinajstić information content (AvgIpc) is 2.23. The summed E-state index contributed by atoms with van der Waals surface area (Å²) in [5, 5.41) is 21.6. The third kappa shape index (κ3) is 4.59. The van der Waals surface area contributed by atoms with Crippen LogP contribution in [-0.2, 0) is 9.59 Å². The lowest BCUT2D eigenvalue weighted by molar-refractivity contribution is -0.135. The number of carboxylic acids is 2. The number of carbonyl (C=O) groups is 2. The van der Waals surface area contributed by atoms with E-state index in [0.717, 1.165) is 0 Å². The maximum Gasteiger partial charge on any atom is 0.322 e. The molecule has 1 aromatic heterocycles. The van der Waals surface area contributed by atoms with Gasteiger partial charge in [-0.15, -0.1) is 0 Å². The maximum absolute atomic E-state index is 10.3. The second-order valence-corrected chi connectivity index (χ2v) is 2.84. The molecule has 17 heavy (non-hydrogen) atoms. The van der Waals surface area contributed by atoms with Crippen molar-refractivity contribution in [2.75, 3.05) is 29.5 Å². The molecule has 0 aromatic carbocycles. The number of rotatable bonds is 6. The smallest absolute Gasteiger partial charge is 0.322 e. The van der Waals surface area contributed by atoms with Gasteiger partial charge in [-0.05, 0) is 0 Å². The van der Waals surface area contributed by atoms with Crippen LogP contribution in [0.5, 0.6) is 0 Å². The van der Waals surface area contributed by atoms with Gasteiger partial charge in [0.2, 0.25) is 17.8 Å². The first-order valence-corrected chi connectivity index (χ1v) is 4.40. The Bertz CT molecular complexity index is 400. The fraction of sp³-hybridized carbons (Fsp3) is 0.286. The lowest BCUT2D eigenvalue weighted by atomic mass is 10.6. The van der Waals surface area contributed by atoms with Gasteiger partial charge in [-0.1, -0.05) is 0 Å². The zero-order chi connectivity index (χ0) is 12.8. The second-order valence-electron chi connectivity index (χ2n) is 2.84. The number of nitrogen functional groups attached to an aromatic ring is 1. The van der Waals surface area contributed by atoms with E-state index in [4.69, 9.17) is 15.9 Å². The first-order chi connectivity index (χ1) is 7.97. The molecule has 0 atom stereocenters. The van der Waals surface area contributed by atoms with Crippen LogP contribution in [0.2, 0.25) is 0 Å². The summed E-state index contributed by atoms with van der Waals surface area (Å²) in [6.45, 7) is -0.774. The Kier molecular flexibility index (Phi) is 3.97. The van der Waals surface area contributed by atoms with E-state index in [1.54, 1.807) is 0 Å². The Morgan fingerprint density at radius 2 is 1.41 bits per heavy atom. The Balaban J connectivity index is 2.71. The van der Waals surface area contributed by atoms with Crippen molar-refractivity contribution in [3.05, 3.63) is 0 Å². The molecule has 0 fully saturated rings. The monoisotopic (exact) mass is 242 g/mol. The van der Waals surface area contributed by atoms with E-state index in [2.05, 4.69) is 25.6 Å². The number of anilines is 3. The Hall–Kier alpha value is -2.65. The standard InChI is InChI=1S/C7H10N6O4/c8-5-11-6(9-1-3(14)15)13-7(12-5)10-2-4(16)17/h1-2H2,(H,14,15)(H,16,17)(H4,8,9,10,11,12,13). The van der Waals surface area contributed by atoms with Gasteiger partial charge in [-0.2, -0.15) is 15.0 Å². The van der Waals surface area contributed by atoms with Gasteiger partial charge in [0, 0.05) is 0 Å². The van der Waals surface area contributed by atoms with Gasteiger partial charge in [0.15, 0.2) is 0 Å². The van der Waals surface area contributed by atoms with Crippen molar-refractivity contribution in [3.8, 4) is 0 Å². The number of aromatic nitrogens is 3. The molecular formula is C7H10N6O4. The summed E-state index contributed by atoms with van der Waals surface area (Å²) in [5.74, 6) is -2.44. The minimum absolute atomic E-state index is 0.0483. The lowest BCUT2D eigenvalue weighted by Gasteiger charge is -2.05. The molecule has 0 bridgehead atoms. The van der Waals surface area contributed by atoms with Crippen molar-refractivity contribution in [1.29, 1.82) is 0 Å². The highest BCUT2D eigenvalue weighted by Crippen LogP contribution is 2.05. The molecule has 0 amide bonds. The van der Waals surface area contributed by atoms with E-state index >= 15 is 0 Å². The van der Waals surface area contributed by atoms with E-state index in [9.17, 15) is 9.59 Å². The fourth-order valence-electron chi connectivity index (χ4n) is 0.860. The first kappa shape index (κ1) is 12.4. The molecular weight excluding hydrogens is 232 g/mol. The molecule has 0 radical (unpaired) electrons. The number of nitrogens with zero attached hydrogens (tertiary/aromatic N) is 3. The Labute approximate surface area is 94.9 Å². The molecule has 0 saturated carbocycles. The molecule has 10 heteroatoms. The average molecular weight is 242 g/mol. The highest BCUT2D eigenvalue weighted by Gasteiger charge is 2.06. The van der Waals surface area contributed by atoms with Crippen LogP contribution in [0.15, 0.2) is 0 Å². The summed E-state index contributed by atoms with van der Waals surface area (Å²) in [6, 6.07) is 0. The van der Waals surface area contributed by atoms with Crippen LogP contribution in [0.25, 0.3) is 0 Å². The number of hydrogen-bond donors (Lipinski definition) is 5. The number of aliphatic carboxylic acids is 2. The largest absolute Gasteiger partial charge is 0.480 e. The van der Waals surface area contributed by atoms with E-state index in [0.29, 0.717) is 0 Å². The summed E-state index contributed by atoms with van der Waals surface area (Å²) in [4.78, 5) is 31.6. The normalized spacial score (nSPS) is 9.65. The van der Waals surface area contributed by atoms with Crippen molar-refractivity contribution in [2.24, 2.45) is 0 Å². The van der Waals surface area contributed by atoms with Gasteiger partial charge in [0.1, 0.15) is 13.1 Å². The number of carboxylic acid groups (broad SMARTS) is 2. The van der Waals surface area contributed by atoms with E-state index in [1.807, 2.05) is 0 Å². The Morgan fingerprint density at radius 1 is 1.00 bits per heavy atom. The van der Waals surface area contributed by atoms with Gasteiger partial charge >= 0.3 is 11.9 Å². The topological polar surface area (TPSA) is 163 Å². The maximum atomic E-state index is 10.3. The third-order valence-corrected chi connectivity index (χ3v) is 1.45. The minimum Gasteiger partial charge on any atom is -0.480 e.